The van der Waals surface area contributed by atoms with E-state index >= 15 is 0 Å². The summed E-state index contributed by atoms with van der Waals surface area (Å²) in [6, 6.07) is 5.44. The van der Waals surface area contributed by atoms with E-state index in [1.165, 1.54) is 0 Å². The second kappa shape index (κ2) is 12.3. The summed E-state index contributed by atoms with van der Waals surface area (Å²) in [4.78, 5) is 9.17. The molecule has 1 aromatic carbocycles. The van der Waals surface area contributed by atoms with Crippen LogP contribution in [0.5, 0.6) is 0 Å². The minimum absolute atomic E-state index is 0. The second-order valence-corrected chi connectivity index (χ2v) is 9.62. The predicted molar refractivity (Wildman–Crippen MR) is 137 cm³/mol. The lowest BCUT2D eigenvalue weighted by atomic mass is 10.1. The highest BCUT2D eigenvalue weighted by Gasteiger charge is 2.25. The maximum Gasteiger partial charge on any atom is 0.194 e. The zero-order valence-corrected chi connectivity index (χ0v) is 21.5. The molecular weight excluding hydrogens is 514 g/mol. The standard InChI is InChI=1S/C22H35FN4OS.HI/c1-4-24-22(27-11-12-29-21(15-27)16(2)3)25-14-17-5-6-20(19(23)13-17)26-9-7-18(28)8-10-26;/h5-6,13,16,18,21,28H,4,7-12,14-15H2,1-3H3,(H,24,25);1H. The molecule has 2 fully saturated rings. The summed E-state index contributed by atoms with van der Waals surface area (Å²) in [7, 11) is 0. The number of thioether (sulfide) groups is 1. The molecule has 1 aromatic rings. The molecule has 170 valence electrons. The van der Waals surface area contributed by atoms with Gasteiger partial charge in [-0.05, 0) is 43.4 Å². The summed E-state index contributed by atoms with van der Waals surface area (Å²) in [5.41, 5.74) is 1.51. The van der Waals surface area contributed by atoms with Crippen LogP contribution in [-0.2, 0) is 6.54 Å². The number of aliphatic hydroxyl groups excluding tert-OH is 1. The number of hydrogen-bond acceptors (Lipinski definition) is 4. The molecule has 2 heterocycles. The molecule has 0 bridgehead atoms. The van der Waals surface area contributed by atoms with Gasteiger partial charge in [-0.3, -0.25) is 0 Å². The number of guanidine groups is 1. The van der Waals surface area contributed by atoms with E-state index in [4.69, 9.17) is 4.99 Å². The Balaban J connectivity index is 0.00000320. The number of halogens is 2. The third kappa shape index (κ3) is 6.88. The summed E-state index contributed by atoms with van der Waals surface area (Å²) in [5, 5.41) is 13.7. The summed E-state index contributed by atoms with van der Waals surface area (Å²) >= 11 is 2.05. The number of nitrogens with one attached hydrogen (secondary N) is 1. The highest BCUT2D eigenvalue weighted by atomic mass is 127. The van der Waals surface area contributed by atoms with E-state index in [1.54, 1.807) is 6.07 Å². The monoisotopic (exact) mass is 550 g/mol. The Hall–Kier alpha value is -0.740. The van der Waals surface area contributed by atoms with Crippen molar-refractivity contribution in [2.24, 2.45) is 10.9 Å². The van der Waals surface area contributed by atoms with E-state index in [-0.39, 0.29) is 35.9 Å². The van der Waals surface area contributed by atoms with E-state index in [2.05, 4.69) is 31.0 Å². The molecule has 5 nitrogen and oxygen atoms in total. The molecule has 0 amide bonds. The summed E-state index contributed by atoms with van der Waals surface area (Å²) in [6.07, 6.45) is 1.14. The second-order valence-electron chi connectivity index (χ2n) is 8.27. The molecule has 2 N–H and O–H groups in total. The fraction of sp³-hybridized carbons (Fsp3) is 0.682. The lowest BCUT2D eigenvalue weighted by molar-refractivity contribution is 0.145. The van der Waals surface area contributed by atoms with E-state index in [1.807, 2.05) is 28.8 Å². The SMILES string of the molecule is CCNC(=NCc1ccc(N2CCC(O)CC2)c(F)c1)N1CCSC(C(C)C)C1.I. The molecule has 2 aliphatic rings. The molecule has 2 saturated heterocycles. The summed E-state index contributed by atoms with van der Waals surface area (Å²) in [5.74, 6) is 2.48. The molecule has 0 aliphatic carbocycles. The van der Waals surface area contributed by atoms with Gasteiger partial charge in [0.15, 0.2) is 5.96 Å². The maximum absolute atomic E-state index is 14.7. The Morgan fingerprint density at radius 3 is 2.67 bits per heavy atom. The van der Waals surface area contributed by atoms with Gasteiger partial charge in [-0.15, -0.1) is 24.0 Å². The molecule has 30 heavy (non-hydrogen) atoms. The quantitative estimate of drug-likeness (QED) is 0.331. The Morgan fingerprint density at radius 1 is 1.30 bits per heavy atom. The zero-order chi connectivity index (χ0) is 20.8. The van der Waals surface area contributed by atoms with Gasteiger partial charge in [-0.2, -0.15) is 11.8 Å². The normalized spacial score (nSPS) is 21.0. The molecule has 0 aromatic heterocycles. The van der Waals surface area contributed by atoms with Gasteiger partial charge in [0, 0.05) is 43.7 Å². The highest BCUT2D eigenvalue weighted by molar-refractivity contribution is 14.0. The van der Waals surface area contributed by atoms with Crippen LogP contribution in [0.25, 0.3) is 0 Å². The first-order chi connectivity index (χ1) is 14.0. The first-order valence-corrected chi connectivity index (χ1v) is 11.9. The van der Waals surface area contributed by atoms with Crippen LogP contribution in [0.4, 0.5) is 10.1 Å². The van der Waals surface area contributed by atoms with Crippen molar-refractivity contribution >= 4 is 47.4 Å². The zero-order valence-electron chi connectivity index (χ0n) is 18.3. The summed E-state index contributed by atoms with van der Waals surface area (Å²) in [6.45, 7) is 11.3. The number of hydrogen-bond donors (Lipinski definition) is 2. The van der Waals surface area contributed by atoms with Crippen LogP contribution < -0.4 is 10.2 Å². The van der Waals surface area contributed by atoms with Crippen molar-refractivity contribution in [2.45, 2.75) is 51.5 Å². The first-order valence-electron chi connectivity index (χ1n) is 10.8. The van der Waals surface area contributed by atoms with Gasteiger partial charge in [0.25, 0.3) is 0 Å². The van der Waals surface area contributed by atoms with Gasteiger partial charge in [0.2, 0.25) is 0 Å². The molecular formula is C22H36FIN4OS. The van der Waals surface area contributed by atoms with Gasteiger partial charge in [-0.1, -0.05) is 19.9 Å². The molecule has 0 saturated carbocycles. The van der Waals surface area contributed by atoms with Crippen molar-refractivity contribution in [2.75, 3.05) is 43.4 Å². The van der Waals surface area contributed by atoms with Gasteiger partial charge >= 0.3 is 0 Å². The smallest absolute Gasteiger partial charge is 0.194 e. The average molecular weight is 551 g/mol. The van der Waals surface area contributed by atoms with E-state index < -0.39 is 0 Å². The fourth-order valence-electron chi connectivity index (χ4n) is 3.88. The van der Waals surface area contributed by atoms with E-state index in [0.717, 1.165) is 36.9 Å². The Morgan fingerprint density at radius 2 is 2.03 bits per heavy atom. The molecule has 1 unspecified atom stereocenters. The number of piperidine rings is 1. The number of benzene rings is 1. The van der Waals surface area contributed by atoms with Crippen molar-refractivity contribution in [3.63, 3.8) is 0 Å². The topological polar surface area (TPSA) is 51.1 Å². The molecule has 2 aliphatic heterocycles. The van der Waals surface area contributed by atoms with Crippen molar-refractivity contribution in [3.05, 3.63) is 29.6 Å². The lowest BCUT2D eigenvalue weighted by Crippen LogP contribution is -2.49. The number of aliphatic imine (C=N–C) groups is 1. The van der Waals surface area contributed by atoms with E-state index in [0.29, 0.717) is 49.3 Å². The lowest BCUT2D eigenvalue weighted by Gasteiger charge is -2.36. The third-order valence-corrected chi connectivity index (χ3v) is 7.24. The van der Waals surface area contributed by atoms with Gasteiger partial charge in [0.1, 0.15) is 5.82 Å². The number of aliphatic hydroxyl groups is 1. The molecule has 8 heteroatoms. The van der Waals surface area contributed by atoms with Crippen molar-refractivity contribution in [1.82, 2.24) is 10.2 Å². The first kappa shape index (κ1) is 25.5. The van der Waals surface area contributed by atoms with Crippen LogP contribution in [0.15, 0.2) is 23.2 Å². The molecule has 3 rings (SSSR count). The van der Waals surface area contributed by atoms with Crippen LogP contribution in [0.1, 0.15) is 39.2 Å². The van der Waals surface area contributed by atoms with Crippen LogP contribution in [0.2, 0.25) is 0 Å². The fourth-order valence-corrected chi connectivity index (χ4v) is 5.17. The molecule has 0 spiro atoms. The van der Waals surface area contributed by atoms with Crippen molar-refractivity contribution in [3.8, 4) is 0 Å². The van der Waals surface area contributed by atoms with Crippen LogP contribution in [-0.4, -0.2) is 65.8 Å². The van der Waals surface area contributed by atoms with Crippen LogP contribution in [0.3, 0.4) is 0 Å². The van der Waals surface area contributed by atoms with Crippen molar-refractivity contribution < 1.29 is 9.50 Å². The minimum atomic E-state index is -0.254. The average Bonchev–Trinajstić information content (AvgIpc) is 2.72. The predicted octanol–water partition coefficient (Wildman–Crippen LogP) is 3.94. The molecule has 0 radical (unpaired) electrons. The Bertz CT molecular complexity index is 698. The Kier molecular flexibility index (Phi) is 10.5. The van der Waals surface area contributed by atoms with Gasteiger partial charge in [0.05, 0.1) is 18.3 Å². The largest absolute Gasteiger partial charge is 0.393 e. The number of nitrogens with zero attached hydrogens (tertiary/aromatic N) is 3. The van der Waals surface area contributed by atoms with Crippen LogP contribution >= 0.6 is 35.7 Å². The van der Waals surface area contributed by atoms with Crippen LogP contribution in [0, 0.1) is 11.7 Å². The third-order valence-electron chi connectivity index (χ3n) is 5.70. The highest BCUT2D eigenvalue weighted by Crippen LogP contribution is 2.26. The maximum atomic E-state index is 14.7. The minimum Gasteiger partial charge on any atom is -0.393 e. The molecule has 1 atom stereocenters. The van der Waals surface area contributed by atoms with Gasteiger partial charge in [-0.25, -0.2) is 9.38 Å². The number of rotatable bonds is 5. The number of anilines is 1. The Labute approximate surface area is 201 Å². The summed E-state index contributed by atoms with van der Waals surface area (Å²) < 4.78 is 14.7. The van der Waals surface area contributed by atoms with Gasteiger partial charge < -0.3 is 20.2 Å². The van der Waals surface area contributed by atoms with Crippen molar-refractivity contribution in [1.29, 1.82) is 0 Å². The van der Waals surface area contributed by atoms with E-state index in [9.17, 15) is 9.50 Å².